The average Bonchev–Trinajstić information content (AvgIpc) is 3.08. The van der Waals surface area contributed by atoms with Crippen molar-refractivity contribution in [2.75, 3.05) is 11.1 Å². The lowest BCUT2D eigenvalue weighted by atomic mass is 10.1. The van der Waals surface area contributed by atoms with Gasteiger partial charge in [0.15, 0.2) is 17.6 Å². The second kappa shape index (κ2) is 7.43. The molecule has 0 spiro atoms. The molecule has 0 radical (unpaired) electrons. The number of amides is 1. The number of aliphatic carboxylic acids is 1. The van der Waals surface area contributed by atoms with Crippen molar-refractivity contribution in [1.82, 2.24) is 19.7 Å². The first-order valence-corrected chi connectivity index (χ1v) is 7.73. The summed E-state index contributed by atoms with van der Waals surface area (Å²) < 4.78 is 1.30. The summed E-state index contributed by atoms with van der Waals surface area (Å²) in [6.07, 6.45) is 5.82. The minimum absolute atomic E-state index is 0.00452. The molecule has 1 aromatic carbocycles. The molecule has 0 fully saturated rings. The highest BCUT2D eigenvalue weighted by Gasteiger charge is 2.22. The number of nitrogen functional groups attached to an aromatic ring is 1. The van der Waals surface area contributed by atoms with E-state index in [-0.39, 0.29) is 17.9 Å². The highest BCUT2D eigenvalue weighted by atomic mass is 16.4. The molecule has 9 heteroatoms. The van der Waals surface area contributed by atoms with Gasteiger partial charge in [-0.25, -0.2) is 14.8 Å². The zero-order chi connectivity index (χ0) is 18.5. The maximum absolute atomic E-state index is 12.2. The number of benzene rings is 1. The van der Waals surface area contributed by atoms with Gasteiger partial charge in [-0.15, -0.1) is 0 Å². The fraction of sp³-hybridized carbons (Fsp3) is 0.118. The Bertz CT molecular complexity index is 925. The van der Waals surface area contributed by atoms with Crippen LogP contribution in [0, 0.1) is 0 Å². The van der Waals surface area contributed by atoms with E-state index in [0.717, 1.165) is 5.56 Å². The van der Waals surface area contributed by atoms with Crippen LogP contribution in [0.4, 0.5) is 11.5 Å². The van der Waals surface area contributed by atoms with Gasteiger partial charge in [-0.2, -0.15) is 5.10 Å². The minimum Gasteiger partial charge on any atom is -0.480 e. The fourth-order valence-electron chi connectivity index (χ4n) is 2.42. The Morgan fingerprint density at radius 3 is 2.62 bits per heavy atom. The molecular weight excluding hydrogens is 336 g/mol. The first-order chi connectivity index (χ1) is 12.5. The van der Waals surface area contributed by atoms with Gasteiger partial charge in [-0.3, -0.25) is 9.48 Å². The lowest BCUT2D eigenvalue weighted by Crippen LogP contribution is -2.22. The number of nitrogens with two attached hydrogens (primary N) is 1. The van der Waals surface area contributed by atoms with Crippen molar-refractivity contribution >= 4 is 23.4 Å². The van der Waals surface area contributed by atoms with Gasteiger partial charge in [0.25, 0.3) is 5.91 Å². The van der Waals surface area contributed by atoms with Crippen LogP contribution in [-0.4, -0.2) is 36.7 Å². The van der Waals surface area contributed by atoms with E-state index in [9.17, 15) is 14.7 Å². The Kier molecular flexibility index (Phi) is 4.88. The highest BCUT2D eigenvalue weighted by molar-refractivity contribution is 6.05. The summed E-state index contributed by atoms with van der Waals surface area (Å²) in [5.41, 5.74) is 6.81. The standard InChI is InChI=1S/C17H16N6O3/c18-15-14(19-6-7-20-15)16(24)22-12-9-21-23(10-12)13(17(25)26)8-11-4-2-1-3-5-11/h1-7,9-10,13H,8H2,(H2,18,20)(H,22,24)(H,25,26). The number of aromatic nitrogens is 4. The van der Waals surface area contributed by atoms with Crippen LogP contribution in [-0.2, 0) is 11.2 Å². The molecule has 0 aliphatic rings. The largest absolute Gasteiger partial charge is 0.480 e. The van der Waals surface area contributed by atoms with E-state index < -0.39 is 17.9 Å². The lowest BCUT2D eigenvalue weighted by molar-refractivity contribution is -0.141. The molecule has 0 saturated carbocycles. The van der Waals surface area contributed by atoms with Gasteiger partial charge < -0.3 is 16.2 Å². The average molecular weight is 352 g/mol. The van der Waals surface area contributed by atoms with Gasteiger partial charge in [0, 0.05) is 25.0 Å². The number of carbonyl (C=O) groups is 2. The number of carboxylic acid groups (broad SMARTS) is 1. The Morgan fingerprint density at radius 2 is 1.92 bits per heavy atom. The number of nitrogens with zero attached hydrogens (tertiary/aromatic N) is 4. The van der Waals surface area contributed by atoms with E-state index in [2.05, 4.69) is 20.4 Å². The summed E-state index contributed by atoms with van der Waals surface area (Å²) in [5.74, 6) is -1.57. The molecule has 2 heterocycles. The number of carbonyl (C=O) groups excluding carboxylic acids is 1. The zero-order valence-electron chi connectivity index (χ0n) is 13.6. The van der Waals surface area contributed by atoms with Crippen molar-refractivity contribution in [1.29, 1.82) is 0 Å². The monoisotopic (exact) mass is 352 g/mol. The molecule has 2 aromatic heterocycles. The third-order valence-electron chi connectivity index (χ3n) is 3.68. The van der Waals surface area contributed by atoms with Crippen molar-refractivity contribution in [2.24, 2.45) is 0 Å². The van der Waals surface area contributed by atoms with Crippen LogP contribution in [0.25, 0.3) is 0 Å². The SMILES string of the molecule is Nc1nccnc1C(=O)Nc1cnn(C(Cc2ccccc2)C(=O)O)c1. The molecule has 4 N–H and O–H groups in total. The quantitative estimate of drug-likeness (QED) is 0.609. The molecule has 1 amide bonds. The number of carboxylic acids is 1. The Balaban J connectivity index is 1.76. The normalized spacial score (nSPS) is 11.7. The third-order valence-corrected chi connectivity index (χ3v) is 3.68. The number of hydrogen-bond acceptors (Lipinski definition) is 6. The van der Waals surface area contributed by atoms with Gasteiger partial charge in [0.05, 0.1) is 11.9 Å². The predicted octanol–water partition coefficient (Wildman–Crippen LogP) is 1.38. The van der Waals surface area contributed by atoms with E-state index in [4.69, 9.17) is 5.73 Å². The van der Waals surface area contributed by atoms with Gasteiger partial charge in [-0.1, -0.05) is 30.3 Å². The molecule has 0 aliphatic heterocycles. The lowest BCUT2D eigenvalue weighted by Gasteiger charge is -2.12. The van der Waals surface area contributed by atoms with E-state index >= 15 is 0 Å². The maximum Gasteiger partial charge on any atom is 0.328 e. The van der Waals surface area contributed by atoms with E-state index in [1.54, 1.807) is 0 Å². The zero-order valence-corrected chi connectivity index (χ0v) is 13.6. The highest BCUT2D eigenvalue weighted by Crippen LogP contribution is 2.17. The van der Waals surface area contributed by atoms with E-state index in [0.29, 0.717) is 5.69 Å². The first kappa shape index (κ1) is 17.1. The third kappa shape index (κ3) is 3.83. The molecule has 132 valence electrons. The van der Waals surface area contributed by atoms with Crippen LogP contribution in [0.5, 0.6) is 0 Å². The van der Waals surface area contributed by atoms with Gasteiger partial charge in [0.1, 0.15) is 0 Å². The summed E-state index contributed by atoms with van der Waals surface area (Å²) >= 11 is 0. The molecule has 0 saturated heterocycles. The Morgan fingerprint density at radius 1 is 1.19 bits per heavy atom. The smallest absolute Gasteiger partial charge is 0.328 e. The first-order valence-electron chi connectivity index (χ1n) is 7.73. The molecule has 0 bridgehead atoms. The number of nitrogens with one attached hydrogen (secondary N) is 1. The molecule has 3 aromatic rings. The van der Waals surface area contributed by atoms with Gasteiger partial charge in [-0.05, 0) is 5.56 Å². The summed E-state index contributed by atoms with van der Waals surface area (Å²) in [6, 6.07) is 8.34. The molecule has 26 heavy (non-hydrogen) atoms. The van der Waals surface area contributed by atoms with E-state index in [1.807, 2.05) is 30.3 Å². The topological polar surface area (TPSA) is 136 Å². The van der Waals surface area contributed by atoms with Crippen LogP contribution in [0.1, 0.15) is 22.1 Å². The Hall–Kier alpha value is -3.75. The van der Waals surface area contributed by atoms with Gasteiger partial charge >= 0.3 is 5.97 Å². The van der Waals surface area contributed by atoms with Crippen LogP contribution in [0.15, 0.2) is 55.1 Å². The van der Waals surface area contributed by atoms with Crippen LogP contribution in [0.3, 0.4) is 0 Å². The maximum atomic E-state index is 12.2. The van der Waals surface area contributed by atoms with Crippen molar-refractivity contribution in [3.05, 3.63) is 66.4 Å². The predicted molar refractivity (Wildman–Crippen MR) is 93.4 cm³/mol. The Labute approximate surface area is 148 Å². The summed E-state index contributed by atoms with van der Waals surface area (Å²) in [6.45, 7) is 0. The van der Waals surface area contributed by atoms with Crippen LogP contribution < -0.4 is 11.1 Å². The second-order valence-electron chi connectivity index (χ2n) is 5.50. The van der Waals surface area contributed by atoms with Crippen molar-refractivity contribution in [3.8, 4) is 0 Å². The van der Waals surface area contributed by atoms with Crippen molar-refractivity contribution in [3.63, 3.8) is 0 Å². The van der Waals surface area contributed by atoms with Gasteiger partial charge in [0.2, 0.25) is 0 Å². The molecule has 0 aliphatic carbocycles. The number of anilines is 2. The van der Waals surface area contributed by atoms with Crippen molar-refractivity contribution < 1.29 is 14.7 Å². The molecule has 3 rings (SSSR count). The summed E-state index contributed by atoms with van der Waals surface area (Å²) in [4.78, 5) is 31.5. The van der Waals surface area contributed by atoms with Crippen molar-refractivity contribution in [2.45, 2.75) is 12.5 Å². The minimum atomic E-state index is -1.02. The number of rotatable bonds is 6. The van der Waals surface area contributed by atoms with Crippen LogP contribution >= 0.6 is 0 Å². The number of hydrogen-bond donors (Lipinski definition) is 3. The second-order valence-corrected chi connectivity index (χ2v) is 5.50. The fourth-order valence-corrected chi connectivity index (χ4v) is 2.42. The molecule has 1 unspecified atom stereocenters. The molecule has 1 atom stereocenters. The molecule has 9 nitrogen and oxygen atoms in total. The molecular formula is C17H16N6O3. The summed E-state index contributed by atoms with van der Waals surface area (Å²) in [5, 5.41) is 16.1. The van der Waals surface area contributed by atoms with E-state index in [1.165, 1.54) is 29.5 Å². The van der Waals surface area contributed by atoms with Crippen LogP contribution in [0.2, 0.25) is 0 Å². The summed E-state index contributed by atoms with van der Waals surface area (Å²) in [7, 11) is 0.